The first-order valence-electron chi connectivity index (χ1n) is 10.7. The molecule has 6 nitrogen and oxygen atoms in total. The first kappa shape index (κ1) is 28.4. The van der Waals surface area contributed by atoms with Crippen molar-refractivity contribution in [1.82, 2.24) is 29.9 Å². The summed E-state index contributed by atoms with van der Waals surface area (Å²) in [7, 11) is 0. The van der Waals surface area contributed by atoms with Crippen molar-refractivity contribution in [3.05, 3.63) is 116 Å². The van der Waals surface area contributed by atoms with Crippen molar-refractivity contribution in [2.75, 3.05) is 0 Å². The van der Waals surface area contributed by atoms with Gasteiger partial charge in [-0.2, -0.15) is 29.9 Å². The number of hydrogen-bond acceptors (Lipinski definition) is 6. The molecule has 0 aliphatic rings. The highest BCUT2D eigenvalue weighted by atomic mass is 79.9. The van der Waals surface area contributed by atoms with Crippen molar-refractivity contribution in [3.8, 4) is 11.4 Å². The fourth-order valence-corrected chi connectivity index (χ4v) is 4.84. The fourth-order valence-electron chi connectivity index (χ4n) is 3.36. The summed E-state index contributed by atoms with van der Waals surface area (Å²) in [5, 5.41) is 4.91. The molecule has 0 amide bonds. The number of benzene rings is 4. The van der Waals surface area contributed by atoms with Crippen LogP contribution in [0.3, 0.4) is 0 Å². The predicted octanol–water partition coefficient (Wildman–Crippen LogP) is 9.43. The third kappa shape index (κ3) is 7.69. The Balaban J connectivity index is 0.000000144. The number of aromatic nitrogens is 6. The van der Waals surface area contributed by atoms with E-state index in [0.29, 0.717) is 5.82 Å². The van der Waals surface area contributed by atoms with Gasteiger partial charge in [0, 0.05) is 10.0 Å². The van der Waals surface area contributed by atoms with Gasteiger partial charge in [0.2, 0.25) is 26.4 Å². The summed E-state index contributed by atoms with van der Waals surface area (Å²) < 4.78 is 1.16. The monoisotopic (exact) mass is 664 g/mol. The zero-order valence-electron chi connectivity index (χ0n) is 19.0. The molecule has 2 aromatic heterocycles. The molecule has 0 saturated carbocycles. The highest BCUT2D eigenvalue weighted by Crippen LogP contribution is 2.27. The third-order valence-electron chi connectivity index (χ3n) is 4.90. The van der Waals surface area contributed by atoms with Crippen molar-refractivity contribution >= 4 is 95.5 Å². The topological polar surface area (TPSA) is 77.3 Å². The van der Waals surface area contributed by atoms with Crippen LogP contribution in [0.25, 0.3) is 32.9 Å². The molecule has 0 spiro atoms. The lowest BCUT2D eigenvalue weighted by molar-refractivity contribution is 1.05. The van der Waals surface area contributed by atoms with Crippen LogP contribution in [0.2, 0.25) is 26.4 Å². The van der Waals surface area contributed by atoms with Crippen LogP contribution in [0.4, 0.5) is 0 Å². The number of nitrogens with zero attached hydrogens (tertiary/aromatic N) is 6. The summed E-state index contributed by atoms with van der Waals surface area (Å²) in [6.45, 7) is 0. The van der Waals surface area contributed by atoms with Gasteiger partial charge in [-0.25, -0.2) is 0 Å². The molecule has 0 radical (unpaired) electrons. The number of hydrogen-bond donors (Lipinski definition) is 0. The molecular formula is C26H14BrCl5N6. The molecule has 0 aliphatic carbocycles. The van der Waals surface area contributed by atoms with Crippen LogP contribution in [0.5, 0.6) is 0 Å². The van der Waals surface area contributed by atoms with E-state index >= 15 is 0 Å². The van der Waals surface area contributed by atoms with E-state index in [-0.39, 0.29) is 26.4 Å². The van der Waals surface area contributed by atoms with Crippen LogP contribution in [0.15, 0.2) is 89.4 Å². The van der Waals surface area contributed by atoms with E-state index in [9.17, 15) is 0 Å². The van der Waals surface area contributed by atoms with E-state index < -0.39 is 0 Å². The normalized spacial score (nSPS) is 10.4. The van der Waals surface area contributed by atoms with E-state index in [0.717, 1.165) is 20.8 Å². The Morgan fingerprint density at radius 1 is 0.421 bits per heavy atom. The molecule has 190 valence electrons. The van der Waals surface area contributed by atoms with Crippen LogP contribution < -0.4 is 0 Å². The second-order valence-electron chi connectivity index (χ2n) is 7.33. The fraction of sp³-hybridized carbons (Fsp3) is 0. The standard InChI is InChI=1S/C13H7Cl2N3.C10H7Br.C3Cl3N3/c14-12-16-11(17-13(15)18-12)10-7-3-5-8-4-1-2-6-9(8)10;11-10-7-3-5-8-4-1-2-6-9(8)10;4-1-7-2(5)9-3(6)8-1/h1-7H;1-7H;. The molecule has 4 aromatic carbocycles. The lowest BCUT2D eigenvalue weighted by atomic mass is 10.0. The van der Waals surface area contributed by atoms with Crippen molar-refractivity contribution in [3.63, 3.8) is 0 Å². The van der Waals surface area contributed by atoms with Crippen LogP contribution in [0, 0.1) is 0 Å². The molecular weight excluding hydrogens is 653 g/mol. The molecule has 0 aliphatic heterocycles. The molecule has 0 unspecified atom stereocenters. The Labute approximate surface area is 251 Å². The Hall–Kier alpha value is -2.65. The number of rotatable bonds is 1. The maximum Gasteiger partial charge on any atom is 0.227 e. The van der Waals surface area contributed by atoms with Gasteiger partial charge in [0.05, 0.1) is 0 Å². The second kappa shape index (κ2) is 13.4. The summed E-state index contributed by atoms with van der Waals surface area (Å²) in [5.41, 5.74) is 0.888. The third-order valence-corrected chi connectivity index (χ3v) is 6.44. The minimum atomic E-state index is 0.000000000000000444. The Morgan fingerprint density at radius 3 is 1.34 bits per heavy atom. The van der Waals surface area contributed by atoms with Gasteiger partial charge in [0.25, 0.3) is 0 Å². The lowest BCUT2D eigenvalue weighted by Gasteiger charge is -2.05. The maximum absolute atomic E-state index is 5.80. The molecule has 0 saturated heterocycles. The molecule has 0 atom stereocenters. The SMILES string of the molecule is Brc1cccc2ccccc12.Clc1nc(Cl)nc(-c2cccc3ccccc23)n1.Clc1nc(Cl)nc(Cl)n1. The number of halogens is 6. The van der Waals surface area contributed by atoms with Crippen molar-refractivity contribution in [2.45, 2.75) is 0 Å². The molecule has 38 heavy (non-hydrogen) atoms. The average Bonchev–Trinajstić information content (AvgIpc) is 2.88. The van der Waals surface area contributed by atoms with Gasteiger partial charge in [0.15, 0.2) is 5.82 Å². The largest absolute Gasteiger partial charge is 0.227 e. The van der Waals surface area contributed by atoms with Crippen LogP contribution in [-0.4, -0.2) is 29.9 Å². The Bertz CT molecular complexity index is 1640. The zero-order valence-corrected chi connectivity index (χ0v) is 24.4. The van der Waals surface area contributed by atoms with Gasteiger partial charge < -0.3 is 0 Å². The van der Waals surface area contributed by atoms with Crippen LogP contribution >= 0.6 is 73.9 Å². The summed E-state index contributed by atoms with van der Waals surface area (Å²) in [5.74, 6) is 0.483. The minimum Gasteiger partial charge on any atom is -0.198 e. The van der Waals surface area contributed by atoms with Gasteiger partial charge in [-0.15, -0.1) is 0 Å². The van der Waals surface area contributed by atoms with E-state index in [1.165, 1.54) is 10.8 Å². The zero-order chi connectivity index (χ0) is 27.1. The highest BCUT2D eigenvalue weighted by Gasteiger charge is 2.09. The maximum atomic E-state index is 5.80. The molecule has 6 aromatic rings. The van der Waals surface area contributed by atoms with E-state index in [1.807, 2.05) is 54.6 Å². The predicted molar refractivity (Wildman–Crippen MR) is 159 cm³/mol. The smallest absolute Gasteiger partial charge is 0.198 e. The molecule has 0 bridgehead atoms. The van der Waals surface area contributed by atoms with Gasteiger partial charge in [-0.1, -0.05) is 94.8 Å². The van der Waals surface area contributed by atoms with Crippen molar-refractivity contribution < 1.29 is 0 Å². The highest BCUT2D eigenvalue weighted by molar-refractivity contribution is 9.10. The number of fused-ring (bicyclic) bond motifs is 2. The summed E-state index contributed by atoms with van der Waals surface area (Å²) in [6, 6.07) is 28.4. The summed E-state index contributed by atoms with van der Waals surface area (Å²) in [6.07, 6.45) is 0. The van der Waals surface area contributed by atoms with Crippen LogP contribution in [-0.2, 0) is 0 Å². The average molecular weight is 668 g/mol. The van der Waals surface area contributed by atoms with Gasteiger partial charge in [-0.05, 0) is 85.6 Å². The minimum absolute atomic E-state index is 0.000000000000000444. The van der Waals surface area contributed by atoms with Crippen LogP contribution in [0.1, 0.15) is 0 Å². The first-order valence-corrected chi connectivity index (χ1v) is 13.4. The lowest BCUT2D eigenvalue weighted by Crippen LogP contribution is -1.94. The van der Waals surface area contributed by atoms with E-state index in [2.05, 4.69) is 76.2 Å². The van der Waals surface area contributed by atoms with Gasteiger partial charge in [-0.3, -0.25) is 0 Å². The molecule has 2 heterocycles. The van der Waals surface area contributed by atoms with Gasteiger partial charge >= 0.3 is 0 Å². The molecule has 0 fully saturated rings. The van der Waals surface area contributed by atoms with Crippen molar-refractivity contribution in [1.29, 1.82) is 0 Å². The molecule has 12 heteroatoms. The van der Waals surface area contributed by atoms with Crippen molar-refractivity contribution in [2.24, 2.45) is 0 Å². The van der Waals surface area contributed by atoms with Gasteiger partial charge in [0.1, 0.15) is 0 Å². The molecule has 6 rings (SSSR count). The van der Waals surface area contributed by atoms with E-state index in [4.69, 9.17) is 58.0 Å². The van der Waals surface area contributed by atoms with E-state index in [1.54, 1.807) is 0 Å². The Kier molecular flexibility index (Phi) is 10.0. The second-order valence-corrected chi connectivity index (χ2v) is 9.87. The Morgan fingerprint density at radius 2 is 0.816 bits per heavy atom. The summed E-state index contributed by atoms with van der Waals surface area (Å²) in [4.78, 5) is 22.4. The summed E-state index contributed by atoms with van der Waals surface area (Å²) >= 11 is 31.1. The quantitative estimate of drug-likeness (QED) is 0.174. The first-order chi connectivity index (χ1) is 18.3. The molecule has 0 N–H and O–H groups in total.